The summed E-state index contributed by atoms with van der Waals surface area (Å²) in [5.41, 5.74) is 0.0611. The first-order valence-corrected chi connectivity index (χ1v) is 10.9. The number of carbonyl (C=O) groups excluding carboxylic acids is 1. The first-order chi connectivity index (χ1) is 17.2. The highest BCUT2D eigenvalue weighted by Crippen LogP contribution is 2.41. The van der Waals surface area contributed by atoms with E-state index < -0.39 is 23.9 Å². The lowest BCUT2D eigenvalue weighted by atomic mass is 10.0. The number of rotatable bonds is 6. The first kappa shape index (κ1) is 23.4. The maximum absolute atomic E-state index is 13.4. The molecule has 0 unspecified atom stereocenters. The van der Waals surface area contributed by atoms with Gasteiger partial charge in [0.25, 0.3) is 5.91 Å². The summed E-state index contributed by atoms with van der Waals surface area (Å²) in [5, 5.41) is 15.4. The molecule has 11 nitrogen and oxygen atoms in total. The molecular formula is C22H19F3N8O3. The monoisotopic (exact) mass is 500 g/mol. The van der Waals surface area contributed by atoms with Crippen molar-refractivity contribution in [2.24, 2.45) is 0 Å². The fraction of sp³-hybridized carbons (Fsp3) is 0.318. The maximum Gasteiger partial charge on any atom is 0.433 e. The number of alkyl halides is 3. The number of likely N-dealkylation sites (tertiary alicyclic amines) is 1. The summed E-state index contributed by atoms with van der Waals surface area (Å²) in [6.45, 7) is 0.361. The Bertz CT molecular complexity index is 1330. The topological polar surface area (TPSA) is 139 Å². The van der Waals surface area contributed by atoms with E-state index in [9.17, 15) is 22.8 Å². The van der Waals surface area contributed by atoms with Crippen molar-refractivity contribution >= 4 is 23.8 Å². The predicted molar refractivity (Wildman–Crippen MR) is 118 cm³/mol. The van der Waals surface area contributed by atoms with Crippen LogP contribution in [0.15, 0.2) is 37.2 Å². The van der Waals surface area contributed by atoms with Gasteiger partial charge in [0.2, 0.25) is 0 Å². The minimum absolute atomic E-state index is 0.00805. The number of carbonyl (C=O) groups is 2. The highest BCUT2D eigenvalue weighted by atomic mass is 19.4. The predicted octanol–water partition coefficient (Wildman–Crippen LogP) is 2.50. The number of hydrogen-bond donors (Lipinski definition) is 2. The van der Waals surface area contributed by atoms with Crippen LogP contribution < -0.4 is 5.32 Å². The summed E-state index contributed by atoms with van der Waals surface area (Å²) in [5.74, 6) is -0.372. The summed E-state index contributed by atoms with van der Waals surface area (Å²) in [6.07, 6.45) is 2.59. The quantitative estimate of drug-likeness (QED) is 0.493. The van der Waals surface area contributed by atoms with Crippen molar-refractivity contribution in [3.63, 3.8) is 0 Å². The summed E-state index contributed by atoms with van der Waals surface area (Å²) in [7, 11) is 0. The van der Waals surface area contributed by atoms with Crippen molar-refractivity contribution in [3.8, 4) is 11.4 Å². The number of hydrogen-bond acceptors (Lipinski definition) is 7. The van der Waals surface area contributed by atoms with Gasteiger partial charge in [-0.1, -0.05) is 0 Å². The fourth-order valence-electron chi connectivity index (χ4n) is 3.79. The van der Waals surface area contributed by atoms with Crippen molar-refractivity contribution < 1.29 is 27.9 Å². The Morgan fingerprint density at radius 2 is 1.86 bits per heavy atom. The van der Waals surface area contributed by atoms with Gasteiger partial charge in [-0.3, -0.25) is 4.79 Å². The number of halogens is 3. The van der Waals surface area contributed by atoms with E-state index in [0.717, 1.165) is 18.9 Å². The molecule has 1 aliphatic carbocycles. The van der Waals surface area contributed by atoms with Crippen LogP contribution >= 0.6 is 0 Å². The maximum atomic E-state index is 13.4. The van der Waals surface area contributed by atoms with Crippen LogP contribution in [-0.2, 0) is 11.0 Å². The van der Waals surface area contributed by atoms with Gasteiger partial charge in [0.05, 0.1) is 11.6 Å². The third-order valence-electron chi connectivity index (χ3n) is 5.76. The van der Waals surface area contributed by atoms with Crippen LogP contribution in [0.4, 0.5) is 18.0 Å². The number of nitrogens with one attached hydrogen (secondary N) is 1. The Balaban J connectivity index is 1.45. The lowest BCUT2D eigenvalue weighted by Gasteiger charge is -2.39. The smallest absolute Gasteiger partial charge is 0.433 e. The molecule has 0 spiro atoms. The van der Waals surface area contributed by atoms with Crippen molar-refractivity contribution in [2.45, 2.75) is 31.0 Å². The van der Waals surface area contributed by atoms with Gasteiger partial charge in [0, 0.05) is 54.4 Å². The Hall–Kier alpha value is -4.36. The molecule has 0 atom stereocenters. The van der Waals surface area contributed by atoms with Crippen LogP contribution in [0.5, 0.6) is 0 Å². The van der Waals surface area contributed by atoms with Crippen LogP contribution in [-0.4, -0.2) is 70.9 Å². The number of pyridine rings is 1. The zero-order valence-corrected chi connectivity index (χ0v) is 18.6. The van der Waals surface area contributed by atoms with Gasteiger partial charge < -0.3 is 15.3 Å². The van der Waals surface area contributed by atoms with E-state index in [2.05, 4.69) is 30.4 Å². The van der Waals surface area contributed by atoms with Gasteiger partial charge >= 0.3 is 12.3 Å². The van der Waals surface area contributed by atoms with Crippen molar-refractivity contribution in [2.75, 3.05) is 13.1 Å². The largest absolute Gasteiger partial charge is 0.465 e. The molecule has 1 saturated carbocycles. The van der Waals surface area contributed by atoms with Crippen LogP contribution in [0.3, 0.4) is 0 Å². The molecule has 0 aromatic carbocycles. The highest BCUT2D eigenvalue weighted by Gasteiger charge is 2.36. The Labute approximate surface area is 201 Å². The first-order valence-electron chi connectivity index (χ1n) is 10.9. The van der Waals surface area contributed by atoms with E-state index in [0.29, 0.717) is 11.3 Å². The summed E-state index contributed by atoms with van der Waals surface area (Å²) >= 11 is 0. The van der Waals surface area contributed by atoms with E-state index in [1.807, 2.05) is 0 Å². The minimum Gasteiger partial charge on any atom is -0.465 e. The van der Waals surface area contributed by atoms with E-state index in [4.69, 9.17) is 5.11 Å². The van der Waals surface area contributed by atoms with E-state index in [1.54, 1.807) is 6.07 Å². The zero-order chi connectivity index (χ0) is 25.4. The highest BCUT2D eigenvalue weighted by molar-refractivity contribution is 6.23. The average Bonchev–Trinajstić information content (AvgIpc) is 3.57. The summed E-state index contributed by atoms with van der Waals surface area (Å²) < 4.78 is 41.4. The molecule has 186 valence electrons. The van der Waals surface area contributed by atoms with Crippen molar-refractivity contribution in [3.05, 3.63) is 54.1 Å². The van der Waals surface area contributed by atoms with Crippen LogP contribution in [0.25, 0.3) is 23.2 Å². The molecule has 1 aliphatic heterocycles. The van der Waals surface area contributed by atoms with Gasteiger partial charge in [-0.25, -0.2) is 29.4 Å². The molecule has 2 N–H and O–H groups in total. The molecule has 36 heavy (non-hydrogen) atoms. The number of aromatic nitrogens is 6. The second-order valence-electron chi connectivity index (χ2n) is 8.51. The molecule has 1 saturated heterocycles. The van der Waals surface area contributed by atoms with Crippen molar-refractivity contribution in [1.82, 2.24) is 39.9 Å². The Morgan fingerprint density at radius 3 is 2.50 bits per heavy atom. The van der Waals surface area contributed by atoms with E-state index in [-0.39, 0.29) is 42.0 Å². The number of amides is 2. The van der Waals surface area contributed by atoms with E-state index >= 15 is 0 Å². The fourth-order valence-corrected chi connectivity index (χ4v) is 3.79. The SMILES string of the molecule is O=C(O)NC1CN(C(=O)C(=Cn2cnc(-c3cc(C4CC4)nc(C(F)(F)F)c3)n2)c2cncnc2)C1. The summed E-state index contributed by atoms with van der Waals surface area (Å²) in [6, 6.07) is 2.08. The molecular weight excluding hydrogens is 481 g/mol. The molecule has 0 bridgehead atoms. The normalized spacial score (nSPS) is 16.5. The van der Waals surface area contributed by atoms with E-state index in [1.165, 1.54) is 40.8 Å². The third kappa shape index (κ3) is 5.01. The molecule has 5 rings (SSSR count). The molecule has 2 aliphatic rings. The molecule has 2 amide bonds. The van der Waals surface area contributed by atoms with Gasteiger partial charge in [-0.05, 0) is 25.0 Å². The van der Waals surface area contributed by atoms with Crippen LogP contribution in [0, 0.1) is 0 Å². The number of carboxylic acid groups (broad SMARTS) is 1. The molecule has 0 radical (unpaired) electrons. The number of nitrogens with zero attached hydrogens (tertiary/aromatic N) is 7. The Morgan fingerprint density at radius 1 is 1.14 bits per heavy atom. The average molecular weight is 500 g/mol. The second-order valence-corrected chi connectivity index (χ2v) is 8.51. The van der Waals surface area contributed by atoms with Gasteiger partial charge in [0.15, 0.2) is 5.82 Å². The molecule has 14 heteroatoms. The summed E-state index contributed by atoms with van der Waals surface area (Å²) in [4.78, 5) is 41.2. The standard InChI is InChI=1S/C22H19F3N8O3/c23-22(24,25)18-4-13(3-17(30-18)12-1-2-12)19-28-11-33(31-19)9-16(14-5-26-10-27-6-14)20(34)32-7-15(8-32)29-21(35)36/h3-6,9-12,15,29H,1-2,7-8H2,(H,35,36). The van der Waals surface area contributed by atoms with Crippen molar-refractivity contribution in [1.29, 1.82) is 0 Å². The van der Waals surface area contributed by atoms with Gasteiger partial charge in [0.1, 0.15) is 18.3 Å². The van der Waals surface area contributed by atoms with Crippen LogP contribution in [0.1, 0.15) is 35.7 Å². The lowest BCUT2D eigenvalue weighted by Crippen LogP contribution is -2.60. The molecule has 4 heterocycles. The Kier molecular flexibility index (Phi) is 5.86. The zero-order valence-electron chi connectivity index (χ0n) is 18.6. The third-order valence-corrected chi connectivity index (χ3v) is 5.76. The molecule has 3 aromatic rings. The minimum atomic E-state index is -4.61. The van der Waals surface area contributed by atoms with Gasteiger partial charge in [-0.15, -0.1) is 5.10 Å². The molecule has 2 fully saturated rings. The van der Waals surface area contributed by atoms with Crippen LogP contribution in [0.2, 0.25) is 0 Å². The second kappa shape index (κ2) is 9.02. The van der Waals surface area contributed by atoms with Gasteiger partial charge in [-0.2, -0.15) is 13.2 Å². The molecule has 3 aromatic heterocycles. The lowest BCUT2D eigenvalue weighted by molar-refractivity contribution is -0.141.